The quantitative estimate of drug-likeness (QED) is 0.511. The van der Waals surface area contributed by atoms with E-state index in [4.69, 9.17) is 4.74 Å². The number of carbonyl (C=O) groups is 1. The van der Waals surface area contributed by atoms with Crippen LogP contribution in [0.3, 0.4) is 0 Å². The zero-order valence-corrected chi connectivity index (χ0v) is 15.3. The van der Waals surface area contributed by atoms with Gasteiger partial charge in [0.25, 0.3) is 0 Å². The second-order valence-electron chi connectivity index (χ2n) is 6.30. The Hall–Kier alpha value is -2.38. The van der Waals surface area contributed by atoms with E-state index in [0.29, 0.717) is 30.6 Å². The van der Waals surface area contributed by atoms with Crippen molar-refractivity contribution >= 4 is 12.1 Å². The highest BCUT2D eigenvalue weighted by Gasteiger charge is 2.32. The number of guanidine groups is 1. The Labute approximate surface area is 152 Å². The molecule has 2 rings (SSSR count). The normalized spacial score (nSPS) is 16.6. The van der Waals surface area contributed by atoms with Gasteiger partial charge in [-0.2, -0.15) is 0 Å². The van der Waals surface area contributed by atoms with E-state index in [1.165, 1.54) is 6.07 Å². The fraction of sp³-hybridized carbons (Fsp3) is 0.556. The summed E-state index contributed by atoms with van der Waals surface area (Å²) < 4.78 is 31.4. The molecular weight excluding hydrogens is 342 g/mol. The van der Waals surface area contributed by atoms with E-state index >= 15 is 0 Å². The molecule has 0 aromatic heterocycles. The lowest BCUT2D eigenvalue weighted by atomic mass is 10.1. The van der Waals surface area contributed by atoms with Crippen LogP contribution >= 0.6 is 0 Å². The summed E-state index contributed by atoms with van der Waals surface area (Å²) in [6.07, 6.45) is 1.70. The van der Waals surface area contributed by atoms with Crippen molar-refractivity contribution in [2.45, 2.75) is 38.8 Å². The first-order chi connectivity index (χ1) is 12.4. The predicted molar refractivity (Wildman–Crippen MR) is 95.9 cm³/mol. The van der Waals surface area contributed by atoms with Crippen LogP contribution < -0.4 is 16.0 Å². The van der Waals surface area contributed by atoms with Gasteiger partial charge in [0.2, 0.25) is 0 Å². The molecule has 0 saturated heterocycles. The van der Waals surface area contributed by atoms with Crippen molar-refractivity contribution < 1.29 is 18.3 Å². The second kappa shape index (κ2) is 9.35. The molecule has 26 heavy (non-hydrogen) atoms. The first-order valence-corrected chi connectivity index (χ1v) is 8.80. The zero-order valence-electron chi connectivity index (χ0n) is 15.3. The van der Waals surface area contributed by atoms with Gasteiger partial charge in [0.1, 0.15) is 0 Å². The Bertz CT molecular complexity index is 650. The van der Waals surface area contributed by atoms with Gasteiger partial charge in [-0.25, -0.2) is 13.6 Å². The fourth-order valence-corrected chi connectivity index (χ4v) is 2.63. The van der Waals surface area contributed by atoms with E-state index in [1.807, 2.05) is 6.92 Å². The number of aliphatic imine (C=N–C) groups is 1. The Morgan fingerprint density at radius 1 is 1.31 bits per heavy atom. The third kappa shape index (κ3) is 5.86. The molecule has 1 amide bonds. The third-order valence-electron chi connectivity index (χ3n) is 4.28. The SMILES string of the molecule is CCOC(=O)NC(CNC(=NC)NC(C)c1ccc(F)c(F)c1)C1CC1. The third-order valence-corrected chi connectivity index (χ3v) is 4.28. The number of hydrogen-bond acceptors (Lipinski definition) is 3. The maximum absolute atomic E-state index is 13.4. The van der Waals surface area contributed by atoms with Crippen molar-refractivity contribution in [1.82, 2.24) is 16.0 Å². The number of carbonyl (C=O) groups excluding carboxylic acids is 1. The van der Waals surface area contributed by atoms with Crippen LogP contribution in [0.2, 0.25) is 0 Å². The largest absolute Gasteiger partial charge is 0.450 e. The van der Waals surface area contributed by atoms with Crippen LogP contribution in [0.1, 0.15) is 38.3 Å². The van der Waals surface area contributed by atoms with Crippen LogP contribution in [-0.4, -0.2) is 38.3 Å². The maximum atomic E-state index is 13.4. The van der Waals surface area contributed by atoms with Gasteiger partial charge >= 0.3 is 6.09 Å². The number of hydrogen-bond donors (Lipinski definition) is 3. The molecule has 1 aromatic carbocycles. The summed E-state index contributed by atoms with van der Waals surface area (Å²) in [7, 11) is 1.62. The number of rotatable bonds is 7. The molecule has 1 aliphatic carbocycles. The number of amides is 1. The van der Waals surface area contributed by atoms with Crippen LogP contribution in [0, 0.1) is 17.6 Å². The summed E-state index contributed by atoms with van der Waals surface area (Å²) in [4.78, 5) is 15.8. The Balaban J connectivity index is 1.89. The van der Waals surface area contributed by atoms with Gasteiger partial charge in [-0.15, -0.1) is 0 Å². The molecule has 0 spiro atoms. The summed E-state index contributed by atoms with van der Waals surface area (Å²) in [5.41, 5.74) is 0.607. The number of ether oxygens (including phenoxy) is 1. The molecular formula is C18H26F2N4O2. The van der Waals surface area contributed by atoms with Crippen molar-refractivity contribution in [2.24, 2.45) is 10.9 Å². The molecule has 1 aliphatic rings. The minimum absolute atomic E-state index is 0.0498. The molecule has 1 fully saturated rings. The lowest BCUT2D eigenvalue weighted by Crippen LogP contribution is -2.48. The summed E-state index contributed by atoms with van der Waals surface area (Å²) in [6, 6.07) is 3.47. The molecule has 0 heterocycles. The van der Waals surface area contributed by atoms with E-state index in [0.717, 1.165) is 25.0 Å². The Kier molecular flexibility index (Phi) is 7.17. The molecule has 0 radical (unpaired) electrons. The van der Waals surface area contributed by atoms with Gasteiger partial charge in [-0.05, 0) is 50.3 Å². The van der Waals surface area contributed by atoms with Crippen LogP contribution in [0.5, 0.6) is 0 Å². The predicted octanol–water partition coefficient (Wildman–Crippen LogP) is 2.72. The lowest BCUT2D eigenvalue weighted by Gasteiger charge is -2.22. The first-order valence-electron chi connectivity index (χ1n) is 8.80. The van der Waals surface area contributed by atoms with Gasteiger partial charge in [0, 0.05) is 13.6 Å². The van der Waals surface area contributed by atoms with Gasteiger partial charge in [0.05, 0.1) is 18.7 Å². The van der Waals surface area contributed by atoms with E-state index < -0.39 is 17.7 Å². The average Bonchev–Trinajstić information content (AvgIpc) is 3.44. The molecule has 2 unspecified atom stereocenters. The molecule has 6 nitrogen and oxygen atoms in total. The van der Waals surface area contributed by atoms with Gasteiger partial charge in [-0.1, -0.05) is 6.07 Å². The van der Waals surface area contributed by atoms with Crippen molar-refractivity contribution in [3.05, 3.63) is 35.4 Å². The molecule has 1 aromatic rings. The highest BCUT2D eigenvalue weighted by atomic mass is 19.2. The minimum Gasteiger partial charge on any atom is -0.450 e. The van der Waals surface area contributed by atoms with Crippen LogP contribution in [0.25, 0.3) is 0 Å². The Morgan fingerprint density at radius 2 is 2.04 bits per heavy atom. The minimum atomic E-state index is -0.883. The van der Waals surface area contributed by atoms with Crippen molar-refractivity contribution in [1.29, 1.82) is 0 Å². The van der Waals surface area contributed by atoms with Crippen molar-refractivity contribution in [3.63, 3.8) is 0 Å². The lowest BCUT2D eigenvalue weighted by molar-refractivity contribution is 0.146. The summed E-state index contributed by atoms with van der Waals surface area (Å²) >= 11 is 0. The molecule has 2 atom stereocenters. The smallest absolute Gasteiger partial charge is 0.407 e. The van der Waals surface area contributed by atoms with Crippen LogP contribution in [-0.2, 0) is 4.74 Å². The molecule has 0 bridgehead atoms. The molecule has 144 valence electrons. The number of benzene rings is 1. The maximum Gasteiger partial charge on any atom is 0.407 e. The topological polar surface area (TPSA) is 74.8 Å². The summed E-state index contributed by atoms with van der Waals surface area (Å²) in [5.74, 6) is -0.820. The molecule has 3 N–H and O–H groups in total. The second-order valence-corrected chi connectivity index (χ2v) is 6.30. The Morgan fingerprint density at radius 3 is 2.62 bits per heavy atom. The van der Waals surface area contributed by atoms with E-state index in [1.54, 1.807) is 14.0 Å². The highest BCUT2D eigenvalue weighted by Crippen LogP contribution is 2.32. The number of alkyl carbamates (subject to hydrolysis) is 1. The van der Waals surface area contributed by atoms with Crippen molar-refractivity contribution in [3.8, 4) is 0 Å². The number of nitrogens with zero attached hydrogens (tertiary/aromatic N) is 1. The highest BCUT2D eigenvalue weighted by molar-refractivity contribution is 5.80. The number of nitrogens with one attached hydrogen (secondary N) is 3. The van der Waals surface area contributed by atoms with Gasteiger partial charge in [0.15, 0.2) is 17.6 Å². The van der Waals surface area contributed by atoms with Gasteiger partial charge in [-0.3, -0.25) is 4.99 Å². The zero-order chi connectivity index (χ0) is 19.1. The van der Waals surface area contributed by atoms with Crippen LogP contribution in [0.4, 0.5) is 13.6 Å². The number of halogens is 2. The summed E-state index contributed by atoms with van der Waals surface area (Å²) in [6.45, 7) is 4.41. The average molecular weight is 368 g/mol. The van der Waals surface area contributed by atoms with Crippen LogP contribution in [0.15, 0.2) is 23.2 Å². The summed E-state index contributed by atoms with van der Waals surface area (Å²) in [5, 5.41) is 9.15. The molecule has 8 heteroatoms. The van der Waals surface area contributed by atoms with Crippen molar-refractivity contribution in [2.75, 3.05) is 20.2 Å². The van der Waals surface area contributed by atoms with Gasteiger partial charge < -0.3 is 20.7 Å². The fourth-order valence-electron chi connectivity index (χ4n) is 2.63. The molecule has 0 aliphatic heterocycles. The first kappa shape index (κ1) is 19.9. The van der Waals surface area contributed by atoms with E-state index in [2.05, 4.69) is 20.9 Å². The van der Waals surface area contributed by atoms with E-state index in [9.17, 15) is 13.6 Å². The monoisotopic (exact) mass is 368 g/mol. The standard InChI is InChI=1S/C18H26F2N4O2/c1-4-26-18(25)24-16(12-5-6-12)10-22-17(21-3)23-11(2)13-7-8-14(19)15(20)9-13/h7-9,11-12,16H,4-6,10H2,1-3H3,(H,24,25)(H2,21,22,23). The molecule has 1 saturated carbocycles. The van der Waals surface area contributed by atoms with E-state index in [-0.39, 0.29) is 12.1 Å².